The molecule has 0 unspecified atom stereocenters. The topological polar surface area (TPSA) is 49.8 Å². The third kappa shape index (κ3) is 4.55. The summed E-state index contributed by atoms with van der Waals surface area (Å²) in [7, 11) is 1.61. The molecular formula is C13H18ClNO3. The molecule has 0 aliphatic rings. The number of aliphatic carboxylic acids is 1. The van der Waals surface area contributed by atoms with Crippen molar-refractivity contribution >= 4 is 17.6 Å². The highest BCUT2D eigenvalue weighted by Gasteiger charge is 2.10. The lowest BCUT2D eigenvalue weighted by Crippen LogP contribution is -2.25. The van der Waals surface area contributed by atoms with Crippen LogP contribution < -0.4 is 4.74 Å². The first-order valence-electron chi connectivity index (χ1n) is 5.83. The maximum atomic E-state index is 10.6. The maximum Gasteiger partial charge on any atom is 0.304 e. The van der Waals surface area contributed by atoms with E-state index in [1.54, 1.807) is 13.2 Å². The van der Waals surface area contributed by atoms with E-state index in [1.165, 1.54) is 0 Å². The van der Waals surface area contributed by atoms with Gasteiger partial charge in [-0.1, -0.05) is 18.5 Å². The minimum atomic E-state index is -0.786. The smallest absolute Gasteiger partial charge is 0.304 e. The van der Waals surface area contributed by atoms with Gasteiger partial charge in [-0.15, -0.1) is 0 Å². The van der Waals surface area contributed by atoms with Gasteiger partial charge < -0.3 is 9.84 Å². The van der Waals surface area contributed by atoms with Gasteiger partial charge in [-0.25, -0.2) is 0 Å². The van der Waals surface area contributed by atoms with Gasteiger partial charge in [0.25, 0.3) is 0 Å². The van der Waals surface area contributed by atoms with E-state index < -0.39 is 5.97 Å². The number of methoxy groups -OCH3 is 1. The number of carbonyl (C=O) groups is 1. The summed E-state index contributed by atoms with van der Waals surface area (Å²) < 4.78 is 5.27. The fourth-order valence-corrected chi connectivity index (χ4v) is 1.91. The summed E-state index contributed by atoms with van der Waals surface area (Å²) in [5, 5.41) is 9.35. The number of nitrogens with zero attached hydrogens (tertiary/aromatic N) is 1. The third-order valence-corrected chi connectivity index (χ3v) is 2.96. The van der Waals surface area contributed by atoms with Crippen molar-refractivity contribution in [2.45, 2.75) is 19.9 Å². The van der Waals surface area contributed by atoms with Gasteiger partial charge in [0.05, 0.1) is 13.5 Å². The Hall–Kier alpha value is -1.26. The van der Waals surface area contributed by atoms with Gasteiger partial charge in [-0.05, 0) is 24.7 Å². The lowest BCUT2D eigenvalue weighted by Gasteiger charge is -2.21. The molecule has 0 heterocycles. The summed E-state index contributed by atoms with van der Waals surface area (Å²) in [4.78, 5) is 12.6. The Morgan fingerprint density at radius 2 is 2.22 bits per heavy atom. The second kappa shape index (κ2) is 7.24. The van der Waals surface area contributed by atoms with E-state index in [0.717, 1.165) is 17.9 Å². The van der Waals surface area contributed by atoms with Crippen LogP contribution in [0.4, 0.5) is 0 Å². The van der Waals surface area contributed by atoms with E-state index in [1.807, 2.05) is 24.0 Å². The second-order valence-electron chi connectivity index (χ2n) is 3.97. The number of hydrogen-bond acceptors (Lipinski definition) is 3. The number of carboxylic acids is 1. The molecule has 1 N–H and O–H groups in total. The minimum absolute atomic E-state index is 0.136. The van der Waals surface area contributed by atoms with E-state index in [9.17, 15) is 4.79 Å². The summed E-state index contributed by atoms with van der Waals surface area (Å²) in [6.45, 7) is 3.93. The molecule has 4 nitrogen and oxygen atoms in total. The summed E-state index contributed by atoms with van der Waals surface area (Å²) in [6, 6.07) is 5.45. The van der Waals surface area contributed by atoms with Gasteiger partial charge >= 0.3 is 5.97 Å². The molecule has 0 aliphatic carbocycles. The molecule has 0 saturated carbocycles. The molecular weight excluding hydrogens is 254 g/mol. The van der Waals surface area contributed by atoms with Crippen molar-refractivity contribution in [3.63, 3.8) is 0 Å². The SMILES string of the molecule is CCN(CCC(=O)O)Cc1cc(Cl)ccc1OC. The van der Waals surface area contributed by atoms with Crippen LogP contribution in [0, 0.1) is 0 Å². The Morgan fingerprint density at radius 1 is 1.50 bits per heavy atom. The van der Waals surface area contributed by atoms with Crippen molar-refractivity contribution in [2.24, 2.45) is 0 Å². The molecule has 0 aliphatic heterocycles. The second-order valence-corrected chi connectivity index (χ2v) is 4.41. The van der Waals surface area contributed by atoms with Crippen molar-refractivity contribution in [1.82, 2.24) is 4.90 Å². The summed E-state index contributed by atoms with van der Waals surface area (Å²) in [5.74, 6) is -0.0142. The Kier molecular flexibility index (Phi) is 5.95. The van der Waals surface area contributed by atoms with E-state index in [4.69, 9.17) is 21.4 Å². The number of hydrogen-bond donors (Lipinski definition) is 1. The zero-order chi connectivity index (χ0) is 13.5. The molecule has 5 heteroatoms. The van der Waals surface area contributed by atoms with Crippen LogP contribution in [0.5, 0.6) is 5.75 Å². The van der Waals surface area contributed by atoms with Crippen LogP contribution >= 0.6 is 11.6 Å². The van der Waals surface area contributed by atoms with Crippen molar-refractivity contribution in [3.8, 4) is 5.75 Å². The molecule has 0 atom stereocenters. The number of benzene rings is 1. The zero-order valence-electron chi connectivity index (χ0n) is 10.6. The number of halogens is 1. The van der Waals surface area contributed by atoms with E-state index >= 15 is 0 Å². The standard InChI is InChI=1S/C13H18ClNO3/c1-3-15(7-6-13(16)17)9-10-8-11(14)4-5-12(10)18-2/h4-5,8H,3,6-7,9H2,1-2H3,(H,16,17). The van der Waals surface area contributed by atoms with Crippen molar-refractivity contribution < 1.29 is 14.6 Å². The highest BCUT2D eigenvalue weighted by molar-refractivity contribution is 6.30. The van der Waals surface area contributed by atoms with Crippen LogP contribution in [0.25, 0.3) is 0 Å². The molecule has 0 fully saturated rings. The Labute approximate surface area is 112 Å². The molecule has 0 spiro atoms. The normalized spacial score (nSPS) is 10.7. The molecule has 0 saturated heterocycles. The van der Waals surface area contributed by atoms with Crippen LogP contribution in [0.15, 0.2) is 18.2 Å². The molecule has 0 aromatic heterocycles. The third-order valence-electron chi connectivity index (χ3n) is 2.73. The van der Waals surface area contributed by atoms with Gasteiger partial charge in [-0.2, -0.15) is 0 Å². The maximum absolute atomic E-state index is 10.6. The molecule has 0 radical (unpaired) electrons. The van der Waals surface area contributed by atoms with Gasteiger partial charge in [0.1, 0.15) is 5.75 Å². The first kappa shape index (κ1) is 14.8. The highest BCUT2D eigenvalue weighted by atomic mass is 35.5. The molecule has 1 aromatic rings. The average Bonchev–Trinajstić information content (AvgIpc) is 2.34. The van der Waals surface area contributed by atoms with Crippen molar-refractivity contribution in [2.75, 3.05) is 20.2 Å². The molecule has 0 amide bonds. The molecule has 100 valence electrons. The largest absolute Gasteiger partial charge is 0.496 e. The Morgan fingerprint density at radius 3 is 2.78 bits per heavy atom. The van der Waals surface area contributed by atoms with Crippen LogP contribution in [0.2, 0.25) is 5.02 Å². The highest BCUT2D eigenvalue weighted by Crippen LogP contribution is 2.24. The van der Waals surface area contributed by atoms with Crippen LogP contribution in [-0.4, -0.2) is 36.2 Å². The van der Waals surface area contributed by atoms with E-state index in [-0.39, 0.29) is 6.42 Å². The quantitative estimate of drug-likeness (QED) is 0.828. The predicted octanol–water partition coefficient (Wildman–Crippen LogP) is 2.65. The lowest BCUT2D eigenvalue weighted by atomic mass is 10.2. The first-order valence-corrected chi connectivity index (χ1v) is 6.21. The monoisotopic (exact) mass is 271 g/mol. The molecule has 1 aromatic carbocycles. The summed E-state index contributed by atoms with van der Waals surface area (Å²) in [5.41, 5.74) is 0.970. The lowest BCUT2D eigenvalue weighted by molar-refractivity contribution is -0.137. The van der Waals surface area contributed by atoms with E-state index in [0.29, 0.717) is 18.1 Å². The minimum Gasteiger partial charge on any atom is -0.496 e. The van der Waals surface area contributed by atoms with Gasteiger partial charge in [-0.3, -0.25) is 9.69 Å². The first-order chi connectivity index (χ1) is 8.56. The summed E-state index contributed by atoms with van der Waals surface area (Å²) in [6.07, 6.45) is 0.136. The number of ether oxygens (including phenoxy) is 1. The van der Waals surface area contributed by atoms with Crippen LogP contribution in [0.1, 0.15) is 18.9 Å². The van der Waals surface area contributed by atoms with Gasteiger partial charge in [0.15, 0.2) is 0 Å². The van der Waals surface area contributed by atoms with Gasteiger partial charge in [0, 0.05) is 23.7 Å². The predicted molar refractivity (Wildman–Crippen MR) is 71.2 cm³/mol. The van der Waals surface area contributed by atoms with E-state index in [2.05, 4.69) is 0 Å². The Balaban J connectivity index is 2.74. The van der Waals surface area contributed by atoms with Gasteiger partial charge in [0.2, 0.25) is 0 Å². The van der Waals surface area contributed by atoms with Crippen molar-refractivity contribution in [1.29, 1.82) is 0 Å². The summed E-state index contributed by atoms with van der Waals surface area (Å²) >= 11 is 5.96. The van der Waals surface area contributed by atoms with Crippen molar-refractivity contribution in [3.05, 3.63) is 28.8 Å². The fourth-order valence-electron chi connectivity index (χ4n) is 1.71. The fraction of sp³-hybridized carbons (Fsp3) is 0.462. The molecule has 1 rings (SSSR count). The van der Waals surface area contributed by atoms with Crippen LogP contribution in [-0.2, 0) is 11.3 Å². The number of rotatable bonds is 7. The Bertz CT molecular complexity index is 409. The molecule has 0 bridgehead atoms. The number of carboxylic acid groups (broad SMARTS) is 1. The zero-order valence-corrected chi connectivity index (χ0v) is 11.4. The van der Waals surface area contributed by atoms with Crippen LogP contribution in [0.3, 0.4) is 0 Å². The average molecular weight is 272 g/mol. The molecule has 18 heavy (non-hydrogen) atoms.